The molecule has 0 fully saturated rings. The SMILES string of the molecule is CC(NCc1ccc[nH]1)c1ccc(Cl)s1. The second kappa shape index (κ2) is 4.84. The first-order valence-electron chi connectivity index (χ1n) is 4.86. The zero-order chi connectivity index (χ0) is 10.7. The Morgan fingerprint density at radius 2 is 2.33 bits per heavy atom. The number of halogens is 1. The molecule has 0 spiro atoms. The Labute approximate surface area is 98.3 Å². The van der Waals surface area contributed by atoms with Gasteiger partial charge in [-0.05, 0) is 31.2 Å². The monoisotopic (exact) mass is 240 g/mol. The van der Waals surface area contributed by atoms with Crippen molar-refractivity contribution in [3.05, 3.63) is 45.4 Å². The molecule has 4 heteroatoms. The van der Waals surface area contributed by atoms with Crippen molar-refractivity contribution in [2.45, 2.75) is 19.5 Å². The van der Waals surface area contributed by atoms with Gasteiger partial charge >= 0.3 is 0 Å². The molecule has 0 aromatic carbocycles. The number of hydrogen-bond acceptors (Lipinski definition) is 2. The highest BCUT2D eigenvalue weighted by Crippen LogP contribution is 2.26. The minimum absolute atomic E-state index is 0.339. The summed E-state index contributed by atoms with van der Waals surface area (Å²) in [7, 11) is 0. The Hall–Kier alpha value is -0.770. The van der Waals surface area contributed by atoms with Crippen LogP contribution in [0.15, 0.2) is 30.5 Å². The summed E-state index contributed by atoms with van der Waals surface area (Å²) in [5, 5.41) is 3.44. The zero-order valence-electron chi connectivity index (χ0n) is 8.46. The van der Waals surface area contributed by atoms with Crippen LogP contribution in [0.3, 0.4) is 0 Å². The molecule has 2 heterocycles. The van der Waals surface area contributed by atoms with E-state index < -0.39 is 0 Å². The predicted molar refractivity (Wildman–Crippen MR) is 65.4 cm³/mol. The molecular formula is C11H13ClN2S. The van der Waals surface area contributed by atoms with Crippen molar-refractivity contribution >= 4 is 22.9 Å². The van der Waals surface area contributed by atoms with E-state index in [0.717, 1.165) is 10.9 Å². The summed E-state index contributed by atoms with van der Waals surface area (Å²) >= 11 is 7.51. The summed E-state index contributed by atoms with van der Waals surface area (Å²) in [6, 6.07) is 8.42. The molecule has 2 nitrogen and oxygen atoms in total. The Morgan fingerprint density at radius 3 is 2.93 bits per heavy atom. The third kappa shape index (κ3) is 2.84. The minimum Gasteiger partial charge on any atom is -0.364 e. The number of thiophene rings is 1. The van der Waals surface area contributed by atoms with Crippen LogP contribution < -0.4 is 5.32 Å². The molecule has 0 saturated carbocycles. The second-order valence-corrected chi connectivity index (χ2v) is 5.19. The van der Waals surface area contributed by atoms with Crippen LogP contribution >= 0.6 is 22.9 Å². The average molecular weight is 241 g/mol. The molecular weight excluding hydrogens is 228 g/mol. The summed E-state index contributed by atoms with van der Waals surface area (Å²) < 4.78 is 0.846. The van der Waals surface area contributed by atoms with Crippen LogP contribution in [0.1, 0.15) is 23.5 Å². The molecule has 1 unspecified atom stereocenters. The topological polar surface area (TPSA) is 27.8 Å². The van der Waals surface area contributed by atoms with Crippen LogP contribution in [0.5, 0.6) is 0 Å². The summed E-state index contributed by atoms with van der Waals surface area (Å²) in [5.41, 5.74) is 1.20. The van der Waals surface area contributed by atoms with Crippen LogP contribution in [-0.4, -0.2) is 4.98 Å². The van der Waals surface area contributed by atoms with Crippen molar-refractivity contribution in [2.24, 2.45) is 0 Å². The highest BCUT2D eigenvalue weighted by Gasteiger charge is 2.07. The van der Waals surface area contributed by atoms with Crippen molar-refractivity contribution in [1.82, 2.24) is 10.3 Å². The lowest BCUT2D eigenvalue weighted by atomic mass is 10.2. The number of H-pyrrole nitrogens is 1. The molecule has 0 amide bonds. The first kappa shape index (κ1) is 10.7. The van der Waals surface area contributed by atoms with Gasteiger partial charge in [-0.25, -0.2) is 0 Å². The quantitative estimate of drug-likeness (QED) is 0.840. The Balaban J connectivity index is 1.90. The summed E-state index contributed by atoms with van der Waals surface area (Å²) in [6.45, 7) is 2.99. The first-order valence-corrected chi connectivity index (χ1v) is 6.06. The number of nitrogens with one attached hydrogen (secondary N) is 2. The summed E-state index contributed by atoms with van der Waals surface area (Å²) in [4.78, 5) is 4.43. The predicted octanol–water partition coefficient (Wildman–Crippen LogP) is 3.58. The fourth-order valence-corrected chi connectivity index (χ4v) is 2.49. The maximum Gasteiger partial charge on any atom is 0.0931 e. The van der Waals surface area contributed by atoms with Gasteiger partial charge in [-0.2, -0.15) is 0 Å². The van der Waals surface area contributed by atoms with E-state index in [1.165, 1.54) is 10.6 Å². The molecule has 0 aliphatic rings. The number of hydrogen-bond donors (Lipinski definition) is 2. The minimum atomic E-state index is 0.339. The van der Waals surface area contributed by atoms with Gasteiger partial charge in [0.25, 0.3) is 0 Å². The molecule has 0 aliphatic heterocycles. The normalized spacial score (nSPS) is 12.9. The molecule has 2 rings (SSSR count). The molecule has 0 saturated heterocycles. The van der Waals surface area contributed by atoms with E-state index in [0.29, 0.717) is 6.04 Å². The van der Waals surface area contributed by atoms with Crippen LogP contribution in [0.4, 0.5) is 0 Å². The van der Waals surface area contributed by atoms with E-state index in [2.05, 4.69) is 29.4 Å². The zero-order valence-corrected chi connectivity index (χ0v) is 10.0. The van der Waals surface area contributed by atoms with Crippen LogP contribution in [0.25, 0.3) is 0 Å². The fourth-order valence-electron chi connectivity index (χ4n) is 1.40. The summed E-state index contributed by atoms with van der Waals surface area (Å²) in [5.74, 6) is 0. The molecule has 0 aliphatic carbocycles. The average Bonchev–Trinajstić information content (AvgIpc) is 2.84. The summed E-state index contributed by atoms with van der Waals surface area (Å²) in [6.07, 6.45) is 1.93. The fraction of sp³-hybridized carbons (Fsp3) is 0.273. The van der Waals surface area contributed by atoms with Gasteiger partial charge in [0.2, 0.25) is 0 Å². The maximum absolute atomic E-state index is 5.89. The molecule has 1 atom stereocenters. The molecule has 15 heavy (non-hydrogen) atoms. The standard InChI is InChI=1S/C11H13ClN2S/c1-8(10-4-5-11(12)15-10)14-7-9-3-2-6-13-9/h2-6,8,13-14H,7H2,1H3. The Morgan fingerprint density at radius 1 is 1.47 bits per heavy atom. The molecule has 80 valence electrons. The van der Waals surface area contributed by atoms with Gasteiger partial charge in [0.15, 0.2) is 0 Å². The first-order chi connectivity index (χ1) is 7.25. The van der Waals surface area contributed by atoms with Crippen LogP contribution in [0.2, 0.25) is 4.34 Å². The van der Waals surface area contributed by atoms with Gasteiger partial charge < -0.3 is 10.3 Å². The maximum atomic E-state index is 5.89. The van der Waals surface area contributed by atoms with Gasteiger partial charge in [0, 0.05) is 29.4 Å². The third-order valence-electron chi connectivity index (χ3n) is 2.28. The van der Waals surface area contributed by atoms with Crippen LogP contribution in [0, 0.1) is 0 Å². The van der Waals surface area contributed by atoms with E-state index in [1.54, 1.807) is 11.3 Å². The van der Waals surface area contributed by atoms with Crippen molar-refractivity contribution in [3.63, 3.8) is 0 Å². The molecule has 2 aromatic rings. The number of rotatable bonds is 4. The number of aromatic amines is 1. The van der Waals surface area contributed by atoms with Gasteiger partial charge in [0.1, 0.15) is 0 Å². The van der Waals surface area contributed by atoms with Crippen molar-refractivity contribution in [1.29, 1.82) is 0 Å². The van der Waals surface area contributed by atoms with Crippen molar-refractivity contribution in [2.75, 3.05) is 0 Å². The van der Waals surface area contributed by atoms with Gasteiger partial charge in [-0.1, -0.05) is 11.6 Å². The van der Waals surface area contributed by atoms with Crippen molar-refractivity contribution in [3.8, 4) is 0 Å². The lowest BCUT2D eigenvalue weighted by molar-refractivity contribution is 0.577. The number of aromatic nitrogens is 1. The van der Waals surface area contributed by atoms with E-state index in [1.807, 2.05) is 18.3 Å². The van der Waals surface area contributed by atoms with Gasteiger partial charge in [0.05, 0.1) is 4.34 Å². The largest absolute Gasteiger partial charge is 0.364 e. The van der Waals surface area contributed by atoms with E-state index in [9.17, 15) is 0 Å². The second-order valence-electron chi connectivity index (χ2n) is 3.44. The van der Waals surface area contributed by atoms with E-state index in [4.69, 9.17) is 11.6 Å². The highest BCUT2D eigenvalue weighted by molar-refractivity contribution is 7.16. The highest BCUT2D eigenvalue weighted by atomic mass is 35.5. The van der Waals surface area contributed by atoms with E-state index >= 15 is 0 Å². The van der Waals surface area contributed by atoms with Gasteiger partial charge in [-0.15, -0.1) is 11.3 Å². The molecule has 0 bridgehead atoms. The molecule has 2 N–H and O–H groups in total. The Bertz CT molecular complexity index is 408. The Kier molecular flexibility index (Phi) is 3.46. The van der Waals surface area contributed by atoms with Gasteiger partial charge in [-0.3, -0.25) is 0 Å². The lowest BCUT2D eigenvalue weighted by Gasteiger charge is -2.10. The van der Waals surface area contributed by atoms with E-state index in [-0.39, 0.29) is 0 Å². The van der Waals surface area contributed by atoms with Crippen molar-refractivity contribution < 1.29 is 0 Å². The molecule has 2 aromatic heterocycles. The van der Waals surface area contributed by atoms with Crippen LogP contribution in [-0.2, 0) is 6.54 Å². The lowest BCUT2D eigenvalue weighted by Crippen LogP contribution is -2.17. The smallest absolute Gasteiger partial charge is 0.0931 e. The third-order valence-corrected chi connectivity index (χ3v) is 3.70. The molecule has 0 radical (unpaired) electrons.